The number of rotatable bonds is 5. The molecule has 1 heterocycles. The Balaban J connectivity index is 1.64. The van der Waals surface area contributed by atoms with Gasteiger partial charge in [-0.25, -0.2) is 9.78 Å². The molecule has 0 saturated carbocycles. The van der Waals surface area contributed by atoms with Crippen molar-refractivity contribution in [2.45, 2.75) is 6.42 Å². The molecular formula is C17H17N3O2S. The Morgan fingerprint density at radius 1 is 1.13 bits per heavy atom. The maximum Gasteiger partial charge on any atom is 0.319 e. The first-order valence-electron chi connectivity index (χ1n) is 7.34. The highest BCUT2D eigenvalue weighted by molar-refractivity contribution is 7.18. The number of amides is 2. The molecule has 0 aliphatic carbocycles. The molecule has 3 rings (SSSR count). The molecule has 0 aliphatic rings. The van der Waals surface area contributed by atoms with Crippen molar-refractivity contribution in [2.75, 3.05) is 18.5 Å². The number of hydrogen-bond donors (Lipinski definition) is 3. The molecule has 3 N–H and O–H groups in total. The van der Waals surface area contributed by atoms with E-state index in [-0.39, 0.29) is 19.2 Å². The summed E-state index contributed by atoms with van der Waals surface area (Å²) in [6.45, 7) is 0.163. The van der Waals surface area contributed by atoms with Crippen LogP contribution in [0.2, 0.25) is 0 Å². The summed E-state index contributed by atoms with van der Waals surface area (Å²) in [5.74, 6) is 0. The number of para-hydroxylation sites is 1. The van der Waals surface area contributed by atoms with E-state index in [0.717, 1.165) is 22.5 Å². The molecule has 23 heavy (non-hydrogen) atoms. The monoisotopic (exact) mass is 327 g/mol. The standard InChI is InChI=1S/C17H17N3O2S/c21-10-9-18-17(22)19-13-7-5-12(6-8-13)11-16-20-14-3-1-2-4-15(14)23-16/h1-8,21H,9-11H2,(H2,18,19,22). The van der Waals surface area contributed by atoms with Gasteiger partial charge in [0, 0.05) is 18.7 Å². The van der Waals surface area contributed by atoms with Crippen LogP contribution in [0.3, 0.4) is 0 Å². The van der Waals surface area contributed by atoms with Gasteiger partial charge in [0.15, 0.2) is 0 Å². The fourth-order valence-corrected chi connectivity index (χ4v) is 3.22. The lowest BCUT2D eigenvalue weighted by atomic mass is 10.1. The van der Waals surface area contributed by atoms with Crippen molar-refractivity contribution in [3.63, 3.8) is 0 Å². The number of thiazole rings is 1. The lowest BCUT2D eigenvalue weighted by Gasteiger charge is -2.07. The van der Waals surface area contributed by atoms with E-state index in [1.807, 2.05) is 42.5 Å². The number of aromatic nitrogens is 1. The van der Waals surface area contributed by atoms with E-state index in [0.29, 0.717) is 5.69 Å². The third-order valence-electron chi connectivity index (χ3n) is 3.30. The lowest BCUT2D eigenvalue weighted by Crippen LogP contribution is -2.30. The predicted octanol–water partition coefficient (Wildman–Crippen LogP) is 3.00. The van der Waals surface area contributed by atoms with Gasteiger partial charge in [-0.2, -0.15) is 0 Å². The molecule has 0 aliphatic heterocycles. The van der Waals surface area contributed by atoms with E-state index >= 15 is 0 Å². The van der Waals surface area contributed by atoms with Crippen LogP contribution in [-0.2, 0) is 6.42 Å². The van der Waals surface area contributed by atoms with Gasteiger partial charge in [-0.15, -0.1) is 11.3 Å². The summed E-state index contributed by atoms with van der Waals surface area (Å²) >= 11 is 1.70. The smallest absolute Gasteiger partial charge is 0.319 e. The number of carbonyl (C=O) groups is 1. The van der Waals surface area contributed by atoms with E-state index in [2.05, 4.69) is 21.7 Å². The van der Waals surface area contributed by atoms with Crippen molar-refractivity contribution >= 4 is 33.3 Å². The highest BCUT2D eigenvalue weighted by atomic mass is 32.1. The second kappa shape index (κ2) is 7.21. The van der Waals surface area contributed by atoms with Crippen molar-refractivity contribution < 1.29 is 9.90 Å². The topological polar surface area (TPSA) is 74.2 Å². The Bertz CT molecular complexity index is 766. The van der Waals surface area contributed by atoms with Crippen molar-refractivity contribution in [3.8, 4) is 0 Å². The van der Waals surface area contributed by atoms with Crippen LogP contribution >= 0.6 is 11.3 Å². The molecule has 6 heteroatoms. The fourth-order valence-electron chi connectivity index (χ4n) is 2.22. The summed E-state index contributed by atoms with van der Waals surface area (Å²) in [4.78, 5) is 16.1. The number of fused-ring (bicyclic) bond motifs is 1. The summed E-state index contributed by atoms with van der Waals surface area (Å²) in [5, 5.41) is 15.0. The Morgan fingerprint density at radius 3 is 2.65 bits per heavy atom. The average Bonchev–Trinajstić information content (AvgIpc) is 2.97. The molecule has 0 saturated heterocycles. The number of urea groups is 1. The van der Waals surface area contributed by atoms with Crippen LogP contribution in [0.4, 0.5) is 10.5 Å². The number of anilines is 1. The molecular weight excluding hydrogens is 310 g/mol. The third kappa shape index (κ3) is 4.06. The zero-order valence-electron chi connectivity index (χ0n) is 12.5. The second-order valence-corrected chi connectivity index (χ2v) is 6.17. The van der Waals surface area contributed by atoms with Crippen LogP contribution in [0.1, 0.15) is 10.6 Å². The zero-order chi connectivity index (χ0) is 16.1. The molecule has 0 unspecified atom stereocenters. The van der Waals surface area contributed by atoms with E-state index in [4.69, 9.17) is 5.11 Å². The zero-order valence-corrected chi connectivity index (χ0v) is 13.3. The highest BCUT2D eigenvalue weighted by Crippen LogP contribution is 2.24. The molecule has 0 bridgehead atoms. The first-order chi connectivity index (χ1) is 11.2. The molecule has 0 fully saturated rings. The third-order valence-corrected chi connectivity index (χ3v) is 4.34. The molecule has 2 aromatic carbocycles. The van der Waals surface area contributed by atoms with Crippen LogP contribution in [0.25, 0.3) is 10.2 Å². The Hall–Kier alpha value is -2.44. The Morgan fingerprint density at radius 2 is 1.91 bits per heavy atom. The van der Waals surface area contributed by atoms with E-state index in [1.165, 1.54) is 4.70 Å². The number of carbonyl (C=O) groups excluding carboxylic acids is 1. The van der Waals surface area contributed by atoms with Crippen molar-refractivity contribution in [3.05, 3.63) is 59.1 Å². The summed E-state index contributed by atoms with van der Waals surface area (Å²) < 4.78 is 1.20. The average molecular weight is 327 g/mol. The maximum atomic E-state index is 11.5. The quantitative estimate of drug-likeness (QED) is 0.674. The SMILES string of the molecule is O=C(NCCO)Nc1ccc(Cc2nc3ccccc3s2)cc1. The van der Waals surface area contributed by atoms with Crippen molar-refractivity contribution in [2.24, 2.45) is 0 Å². The van der Waals surface area contributed by atoms with Crippen molar-refractivity contribution in [1.82, 2.24) is 10.3 Å². The van der Waals surface area contributed by atoms with E-state index in [1.54, 1.807) is 11.3 Å². The number of nitrogens with one attached hydrogen (secondary N) is 2. The van der Waals surface area contributed by atoms with Crippen LogP contribution in [0, 0.1) is 0 Å². The van der Waals surface area contributed by atoms with Gasteiger partial charge < -0.3 is 15.7 Å². The van der Waals surface area contributed by atoms with Crippen LogP contribution in [0.5, 0.6) is 0 Å². The Kier molecular flexibility index (Phi) is 4.85. The Labute approximate surface area is 138 Å². The molecule has 2 amide bonds. The van der Waals surface area contributed by atoms with Gasteiger partial charge in [-0.3, -0.25) is 0 Å². The molecule has 0 atom stereocenters. The van der Waals surface area contributed by atoms with Gasteiger partial charge in [0.1, 0.15) is 0 Å². The molecule has 0 spiro atoms. The first kappa shape index (κ1) is 15.5. The van der Waals surface area contributed by atoms with Gasteiger partial charge in [0.05, 0.1) is 21.8 Å². The number of benzene rings is 2. The van der Waals surface area contributed by atoms with Gasteiger partial charge in [0.2, 0.25) is 0 Å². The predicted molar refractivity (Wildman–Crippen MR) is 93.0 cm³/mol. The molecule has 1 aromatic heterocycles. The number of aliphatic hydroxyl groups excluding tert-OH is 1. The van der Waals surface area contributed by atoms with Gasteiger partial charge in [-0.05, 0) is 29.8 Å². The lowest BCUT2D eigenvalue weighted by molar-refractivity contribution is 0.245. The second-order valence-electron chi connectivity index (χ2n) is 5.05. The van der Waals surface area contributed by atoms with E-state index in [9.17, 15) is 4.79 Å². The maximum absolute atomic E-state index is 11.5. The van der Waals surface area contributed by atoms with Crippen LogP contribution < -0.4 is 10.6 Å². The fraction of sp³-hybridized carbons (Fsp3) is 0.176. The van der Waals surface area contributed by atoms with Gasteiger partial charge >= 0.3 is 6.03 Å². The normalized spacial score (nSPS) is 10.7. The largest absolute Gasteiger partial charge is 0.395 e. The first-order valence-corrected chi connectivity index (χ1v) is 8.15. The highest BCUT2D eigenvalue weighted by Gasteiger charge is 2.05. The molecule has 118 valence electrons. The number of hydrogen-bond acceptors (Lipinski definition) is 4. The molecule has 5 nitrogen and oxygen atoms in total. The van der Waals surface area contributed by atoms with Gasteiger partial charge in [0.25, 0.3) is 0 Å². The van der Waals surface area contributed by atoms with Crippen molar-refractivity contribution in [1.29, 1.82) is 0 Å². The van der Waals surface area contributed by atoms with Crippen LogP contribution in [-0.4, -0.2) is 29.3 Å². The van der Waals surface area contributed by atoms with E-state index < -0.39 is 0 Å². The minimum absolute atomic E-state index is 0.0749. The number of nitrogens with zero attached hydrogens (tertiary/aromatic N) is 1. The minimum Gasteiger partial charge on any atom is -0.395 e. The molecule has 0 radical (unpaired) electrons. The number of aliphatic hydroxyl groups is 1. The van der Waals surface area contributed by atoms with Gasteiger partial charge in [-0.1, -0.05) is 24.3 Å². The summed E-state index contributed by atoms with van der Waals surface area (Å²) in [6.07, 6.45) is 0.774. The minimum atomic E-state index is -0.321. The molecule has 3 aromatic rings. The van der Waals surface area contributed by atoms with Crippen LogP contribution in [0.15, 0.2) is 48.5 Å². The summed E-state index contributed by atoms with van der Waals surface area (Å²) in [5.41, 5.74) is 2.89. The summed E-state index contributed by atoms with van der Waals surface area (Å²) in [6, 6.07) is 15.5. The summed E-state index contributed by atoms with van der Waals surface area (Å²) in [7, 11) is 0.